The number of aliphatic hydroxyl groups is 1. The third kappa shape index (κ3) is 3.30. The Labute approximate surface area is 104 Å². The number of rotatable bonds is 3. The van der Waals surface area contributed by atoms with Gasteiger partial charge in [0.2, 0.25) is 0 Å². The van der Waals surface area contributed by atoms with Gasteiger partial charge >= 0.3 is 0 Å². The van der Waals surface area contributed by atoms with Crippen molar-refractivity contribution >= 4 is 0 Å². The van der Waals surface area contributed by atoms with E-state index in [-0.39, 0.29) is 0 Å². The van der Waals surface area contributed by atoms with Crippen molar-refractivity contribution in [3.8, 4) is 0 Å². The van der Waals surface area contributed by atoms with E-state index in [9.17, 15) is 5.11 Å². The normalized spacial score (nSPS) is 24.9. The van der Waals surface area contributed by atoms with Crippen LogP contribution < -0.4 is 5.32 Å². The van der Waals surface area contributed by atoms with E-state index in [0.29, 0.717) is 0 Å². The van der Waals surface area contributed by atoms with Gasteiger partial charge in [-0.25, -0.2) is 0 Å². The van der Waals surface area contributed by atoms with Gasteiger partial charge in [-0.1, -0.05) is 23.8 Å². The molecule has 2 nitrogen and oxygen atoms in total. The Bertz CT molecular complexity index is 381. The lowest BCUT2D eigenvalue weighted by Gasteiger charge is -2.32. The first-order chi connectivity index (χ1) is 8.09. The fourth-order valence-corrected chi connectivity index (χ4v) is 2.66. The Kier molecular flexibility index (Phi) is 3.85. The minimum atomic E-state index is -0.490. The molecule has 2 rings (SSSR count). The molecule has 17 heavy (non-hydrogen) atoms. The van der Waals surface area contributed by atoms with Crippen LogP contribution in [0, 0.1) is 13.8 Å². The summed E-state index contributed by atoms with van der Waals surface area (Å²) in [6.45, 7) is 6.07. The molecule has 0 bridgehead atoms. The van der Waals surface area contributed by atoms with E-state index in [0.717, 1.165) is 38.8 Å². The van der Waals surface area contributed by atoms with Gasteiger partial charge in [-0.2, -0.15) is 0 Å². The number of aryl methyl sites for hydroxylation is 3. The lowest BCUT2D eigenvalue weighted by Crippen LogP contribution is -2.45. The van der Waals surface area contributed by atoms with E-state index in [1.807, 2.05) is 0 Å². The molecular weight excluding hydrogens is 210 g/mol. The van der Waals surface area contributed by atoms with Crippen molar-refractivity contribution in [2.24, 2.45) is 0 Å². The maximum atomic E-state index is 10.4. The van der Waals surface area contributed by atoms with Crippen LogP contribution in [0.2, 0.25) is 0 Å². The van der Waals surface area contributed by atoms with Gasteiger partial charge < -0.3 is 10.4 Å². The summed E-state index contributed by atoms with van der Waals surface area (Å²) >= 11 is 0. The average molecular weight is 233 g/mol. The lowest BCUT2D eigenvalue weighted by molar-refractivity contribution is 0.00886. The molecule has 0 aliphatic carbocycles. The number of piperidine rings is 1. The monoisotopic (exact) mass is 233 g/mol. The van der Waals surface area contributed by atoms with Crippen LogP contribution in [0.1, 0.15) is 36.0 Å². The zero-order chi connectivity index (χ0) is 12.3. The lowest BCUT2D eigenvalue weighted by atomic mass is 9.87. The Hall–Kier alpha value is -0.860. The second kappa shape index (κ2) is 5.19. The highest BCUT2D eigenvalue weighted by Crippen LogP contribution is 2.23. The Morgan fingerprint density at radius 2 is 2.18 bits per heavy atom. The van der Waals surface area contributed by atoms with Crippen molar-refractivity contribution in [2.75, 3.05) is 13.1 Å². The molecule has 0 aromatic heterocycles. The second-order valence-corrected chi connectivity index (χ2v) is 5.43. The van der Waals surface area contributed by atoms with Gasteiger partial charge in [0.25, 0.3) is 0 Å². The summed E-state index contributed by atoms with van der Waals surface area (Å²) in [7, 11) is 0. The fraction of sp³-hybridized carbons (Fsp3) is 0.600. The first-order valence-electron chi connectivity index (χ1n) is 6.58. The predicted octanol–water partition coefficient (Wildman–Crippen LogP) is 2.35. The smallest absolute Gasteiger partial charge is 0.0775 e. The van der Waals surface area contributed by atoms with Gasteiger partial charge in [-0.3, -0.25) is 0 Å². The number of β-amino-alcohol motifs (C(OH)–C–C–N with tert-alkyl or cyclic N) is 1. The molecule has 1 aromatic carbocycles. The molecular formula is C15H23NO. The van der Waals surface area contributed by atoms with E-state index >= 15 is 0 Å². The Morgan fingerprint density at radius 3 is 2.82 bits per heavy atom. The van der Waals surface area contributed by atoms with Crippen molar-refractivity contribution in [3.63, 3.8) is 0 Å². The first kappa shape index (κ1) is 12.6. The highest BCUT2D eigenvalue weighted by atomic mass is 16.3. The van der Waals surface area contributed by atoms with Crippen LogP contribution in [0.15, 0.2) is 18.2 Å². The van der Waals surface area contributed by atoms with Gasteiger partial charge in [0, 0.05) is 6.54 Å². The predicted molar refractivity (Wildman–Crippen MR) is 71.3 cm³/mol. The molecule has 1 aliphatic heterocycles. The van der Waals surface area contributed by atoms with Crippen LogP contribution in [0.4, 0.5) is 0 Å². The summed E-state index contributed by atoms with van der Waals surface area (Å²) in [4.78, 5) is 0. The van der Waals surface area contributed by atoms with Crippen molar-refractivity contribution < 1.29 is 5.11 Å². The van der Waals surface area contributed by atoms with E-state index in [1.165, 1.54) is 16.7 Å². The van der Waals surface area contributed by atoms with Crippen LogP contribution in [-0.4, -0.2) is 23.8 Å². The highest BCUT2D eigenvalue weighted by molar-refractivity contribution is 5.30. The van der Waals surface area contributed by atoms with Gasteiger partial charge in [-0.15, -0.1) is 0 Å². The minimum absolute atomic E-state index is 0.490. The molecule has 0 spiro atoms. The fourth-order valence-electron chi connectivity index (χ4n) is 2.66. The van der Waals surface area contributed by atoms with Crippen LogP contribution in [0.3, 0.4) is 0 Å². The maximum absolute atomic E-state index is 10.4. The molecule has 1 aliphatic rings. The van der Waals surface area contributed by atoms with E-state index < -0.39 is 5.60 Å². The molecule has 2 heteroatoms. The molecule has 1 unspecified atom stereocenters. The van der Waals surface area contributed by atoms with Gasteiger partial charge in [0.1, 0.15) is 0 Å². The van der Waals surface area contributed by atoms with Crippen molar-refractivity contribution in [3.05, 3.63) is 34.9 Å². The molecule has 1 fully saturated rings. The number of nitrogens with one attached hydrogen (secondary N) is 1. The van der Waals surface area contributed by atoms with Crippen LogP contribution in [-0.2, 0) is 6.42 Å². The van der Waals surface area contributed by atoms with E-state index in [4.69, 9.17) is 0 Å². The molecule has 0 radical (unpaired) electrons. The number of benzene rings is 1. The third-order valence-electron chi connectivity index (χ3n) is 3.81. The average Bonchev–Trinajstić information content (AvgIpc) is 2.29. The third-order valence-corrected chi connectivity index (χ3v) is 3.81. The first-order valence-corrected chi connectivity index (χ1v) is 6.58. The summed E-state index contributed by atoms with van der Waals surface area (Å²) in [5, 5.41) is 13.7. The largest absolute Gasteiger partial charge is 0.389 e. The molecule has 1 aromatic rings. The van der Waals surface area contributed by atoms with Crippen LogP contribution in [0.25, 0.3) is 0 Å². The van der Waals surface area contributed by atoms with Gasteiger partial charge in [0.15, 0.2) is 0 Å². The van der Waals surface area contributed by atoms with Crippen LogP contribution in [0.5, 0.6) is 0 Å². The van der Waals surface area contributed by atoms with E-state index in [2.05, 4.69) is 37.4 Å². The summed E-state index contributed by atoms with van der Waals surface area (Å²) < 4.78 is 0. The zero-order valence-electron chi connectivity index (χ0n) is 10.9. The summed E-state index contributed by atoms with van der Waals surface area (Å²) in [5.74, 6) is 0. The summed E-state index contributed by atoms with van der Waals surface area (Å²) in [6, 6.07) is 6.58. The molecule has 94 valence electrons. The highest BCUT2D eigenvalue weighted by Gasteiger charge is 2.28. The molecule has 0 saturated carbocycles. The van der Waals surface area contributed by atoms with Crippen LogP contribution >= 0.6 is 0 Å². The van der Waals surface area contributed by atoms with Gasteiger partial charge in [0.05, 0.1) is 5.60 Å². The topological polar surface area (TPSA) is 32.3 Å². The van der Waals surface area contributed by atoms with Crippen molar-refractivity contribution in [1.82, 2.24) is 5.32 Å². The van der Waals surface area contributed by atoms with E-state index in [1.54, 1.807) is 0 Å². The second-order valence-electron chi connectivity index (χ2n) is 5.43. The number of hydrogen-bond donors (Lipinski definition) is 2. The SMILES string of the molecule is Cc1ccc(CCC2(O)CCCNC2)c(C)c1. The maximum Gasteiger partial charge on any atom is 0.0775 e. The quantitative estimate of drug-likeness (QED) is 0.840. The molecule has 1 heterocycles. The van der Waals surface area contributed by atoms with Crippen molar-refractivity contribution in [1.29, 1.82) is 0 Å². The molecule has 2 N–H and O–H groups in total. The Balaban J connectivity index is 1.97. The van der Waals surface area contributed by atoms with Crippen molar-refractivity contribution in [2.45, 2.75) is 45.1 Å². The Morgan fingerprint density at radius 1 is 1.35 bits per heavy atom. The zero-order valence-corrected chi connectivity index (χ0v) is 10.9. The summed E-state index contributed by atoms with van der Waals surface area (Å²) in [6.07, 6.45) is 3.86. The molecule has 1 atom stereocenters. The standard InChI is InChI=1S/C15H23NO/c1-12-4-5-14(13(2)10-12)6-8-15(17)7-3-9-16-11-15/h4-5,10,16-17H,3,6-9,11H2,1-2H3. The molecule has 0 amide bonds. The summed E-state index contributed by atoms with van der Waals surface area (Å²) in [5.41, 5.74) is 3.53. The van der Waals surface area contributed by atoms with Gasteiger partial charge in [-0.05, 0) is 57.2 Å². The minimum Gasteiger partial charge on any atom is -0.389 e. The number of hydrogen-bond acceptors (Lipinski definition) is 2. The molecule has 1 saturated heterocycles.